The van der Waals surface area contributed by atoms with Crippen molar-refractivity contribution in [1.29, 1.82) is 0 Å². The van der Waals surface area contributed by atoms with Crippen LogP contribution in [-0.4, -0.2) is 15.4 Å². The molecule has 0 saturated carbocycles. The molecular formula is C22H19F4NO3S. The zero-order chi connectivity index (χ0) is 22.8. The third kappa shape index (κ3) is 5.22. The number of alkyl halides is 3. The molecule has 0 bridgehead atoms. The Balaban J connectivity index is 1.98. The second-order valence-electron chi connectivity index (χ2n) is 7.05. The Bertz CT molecular complexity index is 1080. The maximum absolute atomic E-state index is 14.6. The van der Waals surface area contributed by atoms with Crippen LogP contribution in [0.15, 0.2) is 42.5 Å². The number of halogens is 4. The summed E-state index contributed by atoms with van der Waals surface area (Å²) in [7, 11) is 0. The predicted octanol–water partition coefficient (Wildman–Crippen LogP) is 6.59. The second kappa shape index (κ2) is 9.05. The third-order valence-electron chi connectivity index (χ3n) is 4.71. The summed E-state index contributed by atoms with van der Waals surface area (Å²) >= 11 is 0.240. The van der Waals surface area contributed by atoms with Gasteiger partial charge >= 0.3 is 12.1 Å². The lowest BCUT2D eigenvalue weighted by Crippen LogP contribution is -2.12. The standard InChI is InChI=1S/C22H19F4NO3S/c1-3-13-4-7-15(8-5-13)18-19(20(31-27-18)22(24,25)26)30-17-9-6-14(11-16(17)23)10-12(2)21(28)29/h4-9,11-12H,3,10H2,1-2H3,(H,28,29). The summed E-state index contributed by atoms with van der Waals surface area (Å²) in [5.41, 5.74) is 1.80. The fraction of sp³-hybridized carbons (Fsp3) is 0.273. The number of aryl methyl sites for hydroxylation is 1. The smallest absolute Gasteiger partial charge is 0.430 e. The van der Waals surface area contributed by atoms with Crippen LogP contribution in [0.1, 0.15) is 29.9 Å². The van der Waals surface area contributed by atoms with Crippen molar-refractivity contribution in [3.8, 4) is 22.8 Å². The zero-order valence-electron chi connectivity index (χ0n) is 16.7. The minimum Gasteiger partial charge on any atom is -0.481 e. The molecule has 0 saturated heterocycles. The van der Waals surface area contributed by atoms with Gasteiger partial charge in [0.15, 0.2) is 22.2 Å². The van der Waals surface area contributed by atoms with Crippen LogP contribution in [0.4, 0.5) is 17.6 Å². The van der Waals surface area contributed by atoms with E-state index in [1.807, 2.05) is 6.92 Å². The average Bonchev–Trinajstić information content (AvgIpc) is 3.14. The zero-order valence-corrected chi connectivity index (χ0v) is 17.5. The number of nitrogens with zero attached hydrogens (tertiary/aromatic N) is 1. The molecule has 164 valence electrons. The summed E-state index contributed by atoms with van der Waals surface area (Å²) in [6.45, 7) is 3.44. The number of carboxylic acids is 1. The largest absolute Gasteiger partial charge is 0.481 e. The number of benzene rings is 2. The van der Waals surface area contributed by atoms with Crippen molar-refractivity contribution in [1.82, 2.24) is 4.37 Å². The molecule has 4 nitrogen and oxygen atoms in total. The molecule has 3 rings (SSSR count). The second-order valence-corrected chi connectivity index (χ2v) is 7.82. The first-order valence-electron chi connectivity index (χ1n) is 9.45. The van der Waals surface area contributed by atoms with E-state index < -0.39 is 40.3 Å². The lowest BCUT2D eigenvalue weighted by atomic mass is 10.0. The Labute approximate surface area is 180 Å². The van der Waals surface area contributed by atoms with E-state index in [2.05, 4.69) is 4.37 Å². The topological polar surface area (TPSA) is 59.4 Å². The molecule has 0 aliphatic carbocycles. The summed E-state index contributed by atoms with van der Waals surface area (Å²) in [6.07, 6.45) is -3.87. The normalized spacial score (nSPS) is 12.6. The maximum Gasteiger partial charge on any atom is 0.430 e. The van der Waals surface area contributed by atoms with E-state index in [1.165, 1.54) is 19.1 Å². The summed E-state index contributed by atoms with van der Waals surface area (Å²) in [6, 6.07) is 10.6. The molecule has 31 heavy (non-hydrogen) atoms. The van der Waals surface area contributed by atoms with Gasteiger partial charge in [0, 0.05) is 5.56 Å². The van der Waals surface area contributed by atoms with Crippen LogP contribution in [0.3, 0.4) is 0 Å². The number of aromatic nitrogens is 1. The summed E-state index contributed by atoms with van der Waals surface area (Å²) in [5.74, 6) is -3.61. The van der Waals surface area contributed by atoms with E-state index in [4.69, 9.17) is 9.84 Å². The lowest BCUT2D eigenvalue weighted by molar-refractivity contribution is -0.141. The van der Waals surface area contributed by atoms with Gasteiger partial charge in [-0.05, 0) is 47.6 Å². The van der Waals surface area contributed by atoms with Gasteiger partial charge in [0.25, 0.3) is 0 Å². The predicted molar refractivity (Wildman–Crippen MR) is 109 cm³/mol. The highest BCUT2D eigenvalue weighted by atomic mass is 32.1. The van der Waals surface area contributed by atoms with Gasteiger partial charge in [-0.3, -0.25) is 4.79 Å². The van der Waals surface area contributed by atoms with Crippen LogP contribution in [0.25, 0.3) is 11.3 Å². The molecule has 0 amide bonds. The van der Waals surface area contributed by atoms with Crippen molar-refractivity contribution in [2.75, 3.05) is 0 Å². The average molecular weight is 453 g/mol. The highest BCUT2D eigenvalue weighted by molar-refractivity contribution is 7.06. The molecule has 2 aromatic carbocycles. The Morgan fingerprint density at radius 2 is 1.81 bits per heavy atom. The van der Waals surface area contributed by atoms with Crippen LogP contribution in [0, 0.1) is 11.7 Å². The summed E-state index contributed by atoms with van der Waals surface area (Å²) in [4.78, 5) is 9.92. The fourth-order valence-corrected chi connectivity index (χ4v) is 3.64. The van der Waals surface area contributed by atoms with E-state index in [-0.39, 0.29) is 23.6 Å². The highest BCUT2D eigenvalue weighted by Crippen LogP contribution is 2.46. The molecule has 1 N–H and O–H groups in total. The van der Waals surface area contributed by atoms with Gasteiger partial charge in [-0.2, -0.15) is 17.5 Å². The number of aliphatic carboxylic acids is 1. The molecule has 0 radical (unpaired) electrons. The van der Waals surface area contributed by atoms with Crippen molar-refractivity contribution in [3.05, 3.63) is 64.3 Å². The number of rotatable bonds is 7. The number of ether oxygens (including phenoxy) is 1. The minimum atomic E-state index is -4.72. The van der Waals surface area contributed by atoms with Gasteiger partial charge < -0.3 is 9.84 Å². The molecule has 9 heteroatoms. The first-order valence-corrected chi connectivity index (χ1v) is 10.2. The van der Waals surface area contributed by atoms with Crippen molar-refractivity contribution >= 4 is 17.5 Å². The molecule has 0 aliphatic rings. The van der Waals surface area contributed by atoms with Gasteiger partial charge in [0.05, 0.1) is 5.92 Å². The third-order valence-corrected chi connectivity index (χ3v) is 5.59. The van der Waals surface area contributed by atoms with E-state index in [1.54, 1.807) is 24.3 Å². The van der Waals surface area contributed by atoms with E-state index >= 15 is 0 Å². The van der Waals surface area contributed by atoms with Crippen LogP contribution in [0.2, 0.25) is 0 Å². The Hall–Kier alpha value is -2.94. The SMILES string of the molecule is CCc1ccc(-c2nsc(C(F)(F)F)c2Oc2ccc(CC(C)C(=O)O)cc2F)cc1. The van der Waals surface area contributed by atoms with E-state index in [0.717, 1.165) is 18.1 Å². The van der Waals surface area contributed by atoms with Crippen molar-refractivity contribution in [3.63, 3.8) is 0 Å². The molecule has 0 aliphatic heterocycles. The monoisotopic (exact) mass is 453 g/mol. The van der Waals surface area contributed by atoms with Gasteiger partial charge in [-0.25, -0.2) is 4.39 Å². The van der Waals surface area contributed by atoms with Gasteiger partial charge in [-0.15, -0.1) is 0 Å². The molecule has 0 spiro atoms. The molecule has 1 aromatic heterocycles. The van der Waals surface area contributed by atoms with E-state index in [9.17, 15) is 22.4 Å². The molecular weight excluding hydrogens is 434 g/mol. The van der Waals surface area contributed by atoms with Gasteiger partial charge in [-0.1, -0.05) is 44.2 Å². The number of hydrogen-bond donors (Lipinski definition) is 1. The van der Waals surface area contributed by atoms with Crippen LogP contribution in [-0.2, 0) is 23.8 Å². The van der Waals surface area contributed by atoms with Crippen LogP contribution < -0.4 is 4.74 Å². The van der Waals surface area contributed by atoms with Gasteiger partial charge in [0.1, 0.15) is 5.69 Å². The number of hydrogen-bond acceptors (Lipinski definition) is 4. The Morgan fingerprint density at radius 1 is 1.16 bits per heavy atom. The van der Waals surface area contributed by atoms with Crippen molar-refractivity contribution < 1.29 is 32.2 Å². The lowest BCUT2D eigenvalue weighted by Gasteiger charge is -2.13. The summed E-state index contributed by atoms with van der Waals surface area (Å²) in [5, 5.41) is 8.99. The molecule has 1 atom stereocenters. The molecule has 0 fully saturated rings. The quantitative estimate of drug-likeness (QED) is 0.410. The van der Waals surface area contributed by atoms with Crippen molar-refractivity contribution in [2.24, 2.45) is 5.92 Å². The first kappa shape index (κ1) is 22.7. The molecule has 1 unspecified atom stereocenters. The van der Waals surface area contributed by atoms with E-state index in [0.29, 0.717) is 11.1 Å². The van der Waals surface area contributed by atoms with Crippen LogP contribution >= 0.6 is 11.5 Å². The van der Waals surface area contributed by atoms with Crippen molar-refractivity contribution in [2.45, 2.75) is 32.9 Å². The maximum atomic E-state index is 14.6. The number of carboxylic acid groups (broad SMARTS) is 1. The Kier molecular flexibility index (Phi) is 6.64. The number of carbonyl (C=O) groups is 1. The first-order chi connectivity index (χ1) is 14.6. The van der Waals surface area contributed by atoms with Gasteiger partial charge in [0.2, 0.25) is 0 Å². The molecule has 1 heterocycles. The minimum absolute atomic E-state index is 0.0250. The van der Waals surface area contributed by atoms with Crippen LogP contribution in [0.5, 0.6) is 11.5 Å². The molecule has 3 aromatic rings. The fourth-order valence-electron chi connectivity index (χ4n) is 2.94. The Morgan fingerprint density at radius 3 is 2.35 bits per heavy atom. The summed E-state index contributed by atoms with van der Waals surface area (Å²) < 4.78 is 64.5. The highest BCUT2D eigenvalue weighted by Gasteiger charge is 2.39.